The molecular weight excluding hydrogens is 318 g/mol. The Balaban J connectivity index is 2.61. The molecule has 0 aliphatic heterocycles. The number of hydrogen-bond acceptors (Lipinski definition) is 4. The summed E-state index contributed by atoms with van der Waals surface area (Å²) in [4.78, 5) is 23.7. The van der Waals surface area contributed by atoms with Gasteiger partial charge in [-0.1, -0.05) is 6.58 Å². The van der Waals surface area contributed by atoms with Crippen molar-refractivity contribution in [1.82, 2.24) is 4.57 Å². The standard InChI is InChI=1S/C19H23N3O3/c1-6-18(23)21-14-7-8-17(25-12(2)3)15(10-14)13-9-16(20-4)19(24)22(5)11-13/h6-12,20H,1H2,2-5H3,(H,21,23). The van der Waals surface area contributed by atoms with Crippen LogP contribution in [0.5, 0.6) is 5.75 Å². The first-order valence-electron chi connectivity index (χ1n) is 7.98. The quantitative estimate of drug-likeness (QED) is 0.792. The summed E-state index contributed by atoms with van der Waals surface area (Å²) in [7, 11) is 3.39. The summed E-state index contributed by atoms with van der Waals surface area (Å²) in [6.45, 7) is 7.34. The number of pyridine rings is 1. The molecule has 6 nitrogen and oxygen atoms in total. The van der Waals surface area contributed by atoms with Crippen molar-refractivity contribution in [3.8, 4) is 16.9 Å². The highest BCUT2D eigenvalue weighted by molar-refractivity contribution is 5.99. The summed E-state index contributed by atoms with van der Waals surface area (Å²) in [6, 6.07) is 7.16. The van der Waals surface area contributed by atoms with Crippen LogP contribution in [0.3, 0.4) is 0 Å². The molecule has 1 heterocycles. The molecule has 0 saturated carbocycles. The van der Waals surface area contributed by atoms with E-state index in [0.29, 0.717) is 17.1 Å². The van der Waals surface area contributed by atoms with E-state index in [1.165, 1.54) is 10.6 Å². The maximum absolute atomic E-state index is 12.1. The van der Waals surface area contributed by atoms with Gasteiger partial charge in [-0.25, -0.2) is 0 Å². The van der Waals surface area contributed by atoms with Crippen LogP contribution in [0.15, 0.2) is 47.9 Å². The highest BCUT2D eigenvalue weighted by Crippen LogP contribution is 2.34. The zero-order valence-electron chi connectivity index (χ0n) is 14.9. The first-order chi connectivity index (χ1) is 11.8. The minimum atomic E-state index is -0.292. The molecule has 0 saturated heterocycles. The third kappa shape index (κ3) is 4.29. The van der Waals surface area contributed by atoms with Gasteiger partial charge in [-0.3, -0.25) is 9.59 Å². The third-order valence-electron chi connectivity index (χ3n) is 3.56. The Morgan fingerprint density at radius 3 is 2.64 bits per heavy atom. The van der Waals surface area contributed by atoms with E-state index in [4.69, 9.17) is 4.74 Å². The lowest BCUT2D eigenvalue weighted by molar-refractivity contribution is -0.111. The smallest absolute Gasteiger partial charge is 0.273 e. The fourth-order valence-electron chi connectivity index (χ4n) is 2.42. The Labute approximate surface area is 147 Å². The first kappa shape index (κ1) is 18.3. The zero-order chi connectivity index (χ0) is 18.6. The normalized spacial score (nSPS) is 10.4. The molecule has 0 unspecified atom stereocenters. The molecule has 0 fully saturated rings. The van der Waals surface area contributed by atoms with Gasteiger partial charge in [0.15, 0.2) is 0 Å². The predicted molar refractivity (Wildman–Crippen MR) is 101 cm³/mol. The van der Waals surface area contributed by atoms with E-state index in [9.17, 15) is 9.59 Å². The maximum Gasteiger partial charge on any atom is 0.273 e. The summed E-state index contributed by atoms with van der Waals surface area (Å²) in [6.07, 6.45) is 2.94. The minimum Gasteiger partial charge on any atom is -0.490 e. The Kier molecular flexibility index (Phi) is 5.64. The topological polar surface area (TPSA) is 72.4 Å². The van der Waals surface area contributed by atoms with E-state index < -0.39 is 0 Å². The monoisotopic (exact) mass is 341 g/mol. The van der Waals surface area contributed by atoms with Crippen molar-refractivity contribution in [3.63, 3.8) is 0 Å². The Hall–Kier alpha value is -3.02. The van der Waals surface area contributed by atoms with Crippen LogP contribution in [0.4, 0.5) is 11.4 Å². The van der Waals surface area contributed by atoms with Crippen LogP contribution in [0.1, 0.15) is 13.8 Å². The van der Waals surface area contributed by atoms with E-state index in [-0.39, 0.29) is 17.6 Å². The Bertz CT molecular complexity index is 853. The number of nitrogens with one attached hydrogen (secondary N) is 2. The molecule has 2 N–H and O–H groups in total. The van der Waals surface area contributed by atoms with Crippen molar-refractivity contribution in [3.05, 3.63) is 53.5 Å². The van der Waals surface area contributed by atoms with Gasteiger partial charge in [0.1, 0.15) is 11.4 Å². The third-order valence-corrected chi connectivity index (χ3v) is 3.56. The molecule has 1 aromatic heterocycles. The SMILES string of the molecule is C=CC(=O)Nc1ccc(OC(C)C)c(-c2cc(NC)c(=O)n(C)c2)c1. The van der Waals surface area contributed by atoms with E-state index in [0.717, 1.165) is 11.1 Å². The summed E-state index contributed by atoms with van der Waals surface area (Å²) in [5, 5.41) is 5.65. The van der Waals surface area contributed by atoms with E-state index >= 15 is 0 Å². The Morgan fingerprint density at radius 2 is 2.04 bits per heavy atom. The molecule has 6 heteroatoms. The van der Waals surface area contributed by atoms with E-state index in [2.05, 4.69) is 17.2 Å². The van der Waals surface area contributed by atoms with Crippen LogP contribution in [0.2, 0.25) is 0 Å². The molecule has 25 heavy (non-hydrogen) atoms. The van der Waals surface area contributed by atoms with Gasteiger partial charge in [-0.2, -0.15) is 0 Å². The number of ether oxygens (including phenoxy) is 1. The molecule has 0 spiro atoms. The highest BCUT2D eigenvalue weighted by Gasteiger charge is 2.13. The van der Waals surface area contributed by atoms with Crippen LogP contribution in [0.25, 0.3) is 11.1 Å². The number of amides is 1. The molecule has 1 amide bonds. The molecule has 1 aromatic carbocycles. The van der Waals surface area contributed by atoms with Gasteiger partial charge < -0.3 is 19.9 Å². The van der Waals surface area contributed by atoms with Crippen molar-refractivity contribution in [2.24, 2.45) is 7.05 Å². The average molecular weight is 341 g/mol. The van der Waals surface area contributed by atoms with Gasteiger partial charge in [-0.05, 0) is 44.2 Å². The van der Waals surface area contributed by atoms with Crippen molar-refractivity contribution >= 4 is 17.3 Å². The number of carbonyl (C=O) groups excluding carboxylic acids is 1. The highest BCUT2D eigenvalue weighted by atomic mass is 16.5. The minimum absolute atomic E-state index is 0.0105. The summed E-state index contributed by atoms with van der Waals surface area (Å²) in [5.74, 6) is 0.382. The zero-order valence-corrected chi connectivity index (χ0v) is 14.9. The number of rotatable bonds is 6. The largest absolute Gasteiger partial charge is 0.490 e. The lowest BCUT2D eigenvalue weighted by Gasteiger charge is -2.17. The summed E-state index contributed by atoms with van der Waals surface area (Å²) < 4.78 is 7.40. The maximum atomic E-state index is 12.1. The number of hydrogen-bond donors (Lipinski definition) is 2. The molecule has 0 bridgehead atoms. The van der Waals surface area contributed by atoms with Gasteiger partial charge >= 0.3 is 0 Å². The van der Waals surface area contributed by atoms with Gasteiger partial charge in [0.25, 0.3) is 5.56 Å². The van der Waals surface area contributed by atoms with Crippen molar-refractivity contribution in [1.29, 1.82) is 0 Å². The van der Waals surface area contributed by atoms with Crippen LogP contribution in [-0.4, -0.2) is 23.6 Å². The van der Waals surface area contributed by atoms with E-state index in [1.54, 1.807) is 38.5 Å². The van der Waals surface area contributed by atoms with Crippen molar-refractivity contribution in [2.75, 3.05) is 17.7 Å². The van der Waals surface area contributed by atoms with Gasteiger partial charge in [-0.15, -0.1) is 0 Å². The summed E-state index contributed by atoms with van der Waals surface area (Å²) >= 11 is 0. The van der Waals surface area contributed by atoms with Gasteiger partial charge in [0, 0.05) is 37.1 Å². The second-order valence-corrected chi connectivity index (χ2v) is 5.88. The predicted octanol–water partition coefficient (Wildman–Crippen LogP) is 3.01. The van der Waals surface area contributed by atoms with Crippen LogP contribution in [-0.2, 0) is 11.8 Å². The number of anilines is 2. The number of aryl methyl sites for hydroxylation is 1. The first-order valence-corrected chi connectivity index (χ1v) is 7.98. The molecule has 132 valence electrons. The summed E-state index contributed by atoms with van der Waals surface area (Å²) in [5.41, 5.74) is 2.57. The van der Waals surface area contributed by atoms with Crippen LogP contribution >= 0.6 is 0 Å². The fraction of sp³-hybridized carbons (Fsp3) is 0.263. The molecule has 0 aliphatic rings. The second-order valence-electron chi connectivity index (χ2n) is 5.88. The molecule has 2 aromatic rings. The lowest BCUT2D eigenvalue weighted by atomic mass is 10.0. The number of aromatic nitrogens is 1. The molecule has 0 radical (unpaired) electrons. The average Bonchev–Trinajstić information content (AvgIpc) is 2.58. The number of carbonyl (C=O) groups is 1. The fourth-order valence-corrected chi connectivity index (χ4v) is 2.42. The molecular formula is C19H23N3O3. The van der Waals surface area contributed by atoms with Crippen LogP contribution < -0.4 is 20.9 Å². The second kappa shape index (κ2) is 7.70. The molecule has 0 aliphatic carbocycles. The molecule has 2 rings (SSSR count). The lowest BCUT2D eigenvalue weighted by Crippen LogP contribution is -2.19. The van der Waals surface area contributed by atoms with Crippen molar-refractivity contribution in [2.45, 2.75) is 20.0 Å². The van der Waals surface area contributed by atoms with Crippen molar-refractivity contribution < 1.29 is 9.53 Å². The Morgan fingerprint density at radius 1 is 1.32 bits per heavy atom. The van der Waals surface area contributed by atoms with E-state index in [1.807, 2.05) is 19.9 Å². The number of benzene rings is 1. The van der Waals surface area contributed by atoms with Gasteiger partial charge in [0.05, 0.1) is 6.10 Å². The number of nitrogens with zero attached hydrogens (tertiary/aromatic N) is 1. The molecule has 0 atom stereocenters. The van der Waals surface area contributed by atoms with Crippen LogP contribution in [0, 0.1) is 0 Å². The van der Waals surface area contributed by atoms with Gasteiger partial charge in [0.2, 0.25) is 5.91 Å².